The van der Waals surface area contributed by atoms with Gasteiger partial charge >= 0.3 is 0 Å². The Morgan fingerprint density at radius 1 is 1.42 bits per heavy atom. The SMILES string of the molecule is CCOc1cccc(C(=O)NC(=S)Nc2sc(C)c(C)c2C#N)c1. The zero-order chi connectivity index (χ0) is 17.7. The second kappa shape index (κ2) is 7.90. The molecule has 0 atom stereocenters. The average Bonchev–Trinajstić information content (AvgIpc) is 2.81. The van der Waals surface area contributed by atoms with Crippen LogP contribution in [0.1, 0.15) is 33.3 Å². The number of hydrogen-bond acceptors (Lipinski definition) is 5. The van der Waals surface area contributed by atoms with Crippen LogP contribution in [0.4, 0.5) is 5.00 Å². The number of hydrogen-bond donors (Lipinski definition) is 2. The molecule has 2 N–H and O–H groups in total. The molecule has 0 bridgehead atoms. The average molecular weight is 359 g/mol. The molecule has 0 spiro atoms. The van der Waals surface area contributed by atoms with Crippen LogP contribution in [0.15, 0.2) is 24.3 Å². The first-order chi connectivity index (χ1) is 11.5. The van der Waals surface area contributed by atoms with E-state index in [1.807, 2.05) is 20.8 Å². The molecule has 24 heavy (non-hydrogen) atoms. The summed E-state index contributed by atoms with van der Waals surface area (Å²) in [6, 6.07) is 9.02. The van der Waals surface area contributed by atoms with Crippen molar-refractivity contribution in [2.45, 2.75) is 20.8 Å². The lowest BCUT2D eigenvalue weighted by molar-refractivity contribution is 0.0977. The summed E-state index contributed by atoms with van der Waals surface area (Å²) in [4.78, 5) is 13.3. The highest BCUT2D eigenvalue weighted by molar-refractivity contribution is 7.80. The van der Waals surface area contributed by atoms with Gasteiger partial charge in [0.05, 0.1) is 12.2 Å². The van der Waals surface area contributed by atoms with Crippen LogP contribution in [0.25, 0.3) is 0 Å². The Morgan fingerprint density at radius 2 is 2.17 bits per heavy atom. The topological polar surface area (TPSA) is 74.2 Å². The molecule has 1 heterocycles. The van der Waals surface area contributed by atoms with E-state index in [0.717, 1.165) is 10.4 Å². The summed E-state index contributed by atoms with van der Waals surface area (Å²) in [5.74, 6) is 0.290. The van der Waals surface area contributed by atoms with Crippen LogP contribution in [-0.4, -0.2) is 17.6 Å². The molecule has 7 heteroatoms. The minimum atomic E-state index is -0.336. The molecule has 0 aliphatic heterocycles. The van der Waals surface area contributed by atoms with Crippen molar-refractivity contribution in [1.29, 1.82) is 5.26 Å². The molecule has 124 valence electrons. The van der Waals surface area contributed by atoms with Crippen LogP contribution < -0.4 is 15.4 Å². The summed E-state index contributed by atoms with van der Waals surface area (Å²) in [6.07, 6.45) is 0. The Morgan fingerprint density at radius 3 is 2.83 bits per heavy atom. The Hall–Kier alpha value is -2.43. The highest BCUT2D eigenvalue weighted by atomic mass is 32.1. The Bertz CT molecular complexity index is 822. The van der Waals surface area contributed by atoms with Gasteiger partial charge in [0.1, 0.15) is 16.8 Å². The number of amides is 1. The van der Waals surface area contributed by atoms with E-state index in [1.165, 1.54) is 11.3 Å². The summed E-state index contributed by atoms with van der Waals surface area (Å²) in [6.45, 7) is 6.23. The third-order valence-electron chi connectivity index (χ3n) is 3.36. The molecule has 0 aliphatic carbocycles. The molecule has 2 rings (SSSR count). The van der Waals surface area contributed by atoms with Crippen LogP contribution in [0.5, 0.6) is 5.75 Å². The number of anilines is 1. The summed E-state index contributed by atoms with van der Waals surface area (Å²) < 4.78 is 5.38. The molecule has 0 saturated heterocycles. The van der Waals surface area contributed by atoms with Gasteiger partial charge in [-0.1, -0.05) is 6.07 Å². The minimum Gasteiger partial charge on any atom is -0.494 e. The number of nitriles is 1. The fourth-order valence-electron chi connectivity index (χ4n) is 2.05. The number of benzene rings is 1. The molecule has 0 saturated carbocycles. The molecule has 1 amide bonds. The predicted molar refractivity (Wildman–Crippen MR) is 99.8 cm³/mol. The first-order valence-electron chi connectivity index (χ1n) is 7.31. The van der Waals surface area contributed by atoms with Crippen LogP contribution in [-0.2, 0) is 0 Å². The number of ether oxygens (including phenoxy) is 1. The van der Waals surface area contributed by atoms with Crippen molar-refractivity contribution in [1.82, 2.24) is 5.32 Å². The van der Waals surface area contributed by atoms with Crippen LogP contribution in [0.2, 0.25) is 0 Å². The second-order valence-electron chi connectivity index (χ2n) is 4.97. The van der Waals surface area contributed by atoms with Gasteiger partial charge in [0.25, 0.3) is 5.91 Å². The van der Waals surface area contributed by atoms with E-state index in [1.54, 1.807) is 24.3 Å². The number of aryl methyl sites for hydroxylation is 1. The van der Waals surface area contributed by atoms with Crippen molar-refractivity contribution in [2.24, 2.45) is 0 Å². The van der Waals surface area contributed by atoms with Gasteiger partial charge in [0.2, 0.25) is 0 Å². The Labute approximate surface area is 150 Å². The smallest absolute Gasteiger partial charge is 0.257 e. The number of nitrogens with one attached hydrogen (secondary N) is 2. The maximum atomic E-state index is 12.3. The fraction of sp³-hybridized carbons (Fsp3) is 0.235. The van der Waals surface area contributed by atoms with Crippen LogP contribution in [0.3, 0.4) is 0 Å². The van der Waals surface area contributed by atoms with Gasteiger partial charge in [-0.05, 0) is 56.8 Å². The standard InChI is InChI=1S/C17H17N3O2S2/c1-4-22-13-7-5-6-12(8-13)15(21)19-17(23)20-16-14(9-18)10(2)11(3)24-16/h5-8H,4H2,1-3H3,(H2,19,20,21,23). The molecule has 0 fully saturated rings. The highest BCUT2D eigenvalue weighted by Gasteiger charge is 2.15. The lowest BCUT2D eigenvalue weighted by Crippen LogP contribution is -2.34. The Kier molecular flexibility index (Phi) is 5.90. The third-order valence-corrected chi connectivity index (χ3v) is 4.69. The van der Waals surface area contributed by atoms with Gasteiger partial charge in [0, 0.05) is 10.4 Å². The monoisotopic (exact) mass is 359 g/mol. The van der Waals surface area contributed by atoms with E-state index in [0.29, 0.717) is 28.5 Å². The number of carbonyl (C=O) groups is 1. The van der Waals surface area contributed by atoms with E-state index in [9.17, 15) is 10.1 Å². The lowest BCUT2D eigenvalue weighted by atomic mass is 10.2. The number of nitrogens with zero attached hydrogens (tertiary/aromatic N) is 1. The molecule has 2 aromatic rings. The molecule has 0 unspecified atom stereocenters. The molecule has 1 aromatic heterocycles. The van der Waals surface area contributed by atoms with Gasteiger partial charge in [0.15, 0.2) is 5.11 Å². The zero-order valence-electron chi connectivity index (χ0n) is 13.6. The first-order valence-corrected chi connectivity index (χ1v) is 8.54. The van der Waals surface area contributed by atoms with Gasteiger partial charge in [-0.15, -0.1) is 11.3 Å². The molecular formula is C17H17N3O2S2. The largest absolute Gasteiger partial charge is 0.494 e. The zero-order valence-corrected chi connectivity index (χ0v) is 15.2. The van der Waals surface area contributed by atoms with Crippen molar-refractivity contribution in [3.05, 3.63) is 45.8 Å². The molecule has 0 aliphatic rings. The molecule has 0 radical (unpaired) electrons. The summed E-state index contributed by atoms with van der Waals surface area (Å²) >= 11 is 6.61. The lowest BCUT2D eigenvalue weighted by Gasteiger charge is -2.09. The summed E-state index contributed by atoms with van der Waals surface area (Å²) in [5.41, 5.74) is 1.92. The fourth-order valence-corrected chi connectivity index (χ4v) is 3.33. The molecule has 1 aromatic carbocycles. The number of thiocarbonyl (C=S) groups is 1. The molecular weight excluding hydrogens is 342 g/mol. The summed E-state index contributed by atoms with van der Waals surface area (Å²) in [7, 11) is 0. The normalized spacial score (nSPS) is 9.92. The number of carbonyl (C=O) groups excluding carboxylic acids is 1. The van der Waals surface area contributed by atoms with Crippen molar-refractivity contribution >= 4 is 39.6 Å². The van der Waals surface area contributed by atoms with Gasteiger partial charge in [-0.25, -0.2) is 0 Å². The maximum absolute atomic E-state index is 12.3. The van der Waals surface area contributed by atoms with Gasteiger partial charge in [-0.2, -0.15) is 5.26 Å². The molecule has 5 nitrogen and oxygen atoms in total. The predicted octanol–water partition coefficient (Wildman–Crippen LogP) is 3.76. The van der Waals surface area contributed by atoms with Crippen molar-refractivity contribution in [3.8, 4) is 11.8 Å². The van der Waals surface area contributed by atoms with Gasteiger partial charge in [-0.3, -0.25) is 10.1 Å². The first kappa shape index (κ1) is 17.9. The second-order valence-corrected chi connectivity index (χ2v) is 6.60. The van der Waals surface area contributed by atoms with Crippen molar-refractivity contribution in [3.63, 3.8) is 0 Å². The van der Waals surface area contributed by atoms with Crippen LogP contribution in [0, 0.1) is 25.2 Å². The van der Waals surface area contributed by atoms with Crippen molar-refractivity contribution in [2.75, 3.05) is 11.9 Å². The van der Waals surface area contributed by atoms with E-state index >= 15 is 0 Å². The van der Waals surface area contributed by atoms with E-state index in [-0.39, 0.29) is 11.0 Å². The Balaban J connectivity index is 2.07. The summed E-state index contributed by atoms with van der Waals surface area (Å²) in [5, 5.41) is 15.6. The highest BCUT2D eigenvalue weighted by Crippen LogP contribution is 2.31. The number of thiophene rings is 1. The minimum absolute atomic E-state index is 0.152. The number of rotatable bonds is 4. The quantitative estimate of drug-likeness (QED) is 0.813. The maximum Gasteiger partial charge on any atom is 0.257 e. The third kappa shape index (κ3) is 4.10. The van der Waals surface area contributed by atoms with E-state index < -0.39 is 0 Å². The van der Waals surface area contributed by atoms with Crippen LogP contribution >= 0.6 is 23.6 Å². The van der Waals surface area contributed by atoms with Crippen molar-refractivity contribution < 1.29 is 9.53 Å². The van der Waals surface area contributed by atoms with Gasteiger partial charge < -0.3 is 10.1 Å². The van der Waals surface area contributed by atoms with E-state index in [4.69, 9.17) is 17.0 Å². The van der Waals surface area contributed by atoms with E-state index in [2.05, 4.69) is 16.7 Å².